The standard InChI is InChI=1S/C24H23N5O3/c1-16-14-29(24(25)27-16)26-13-17-10-11-21(22(12-17)31-2)32-15-23(30)28-20-9-5-7-18-6-3-4-8-19(18)20/h3-14H,15H2,1-2H3,(H2,25,27)(H,28,30). The Hall–Kier alpha value is -4.33. The Labute approximate surface area is 185 Å². The first-order valence-corrected chi connectivity index (χ1v) is 9.98. The Morgan fingerprint density at radius 2 is 1.97 bits per heavy atom. The summed E-state index contributed by atoms with van der Waals surface area (Å²) < 4.78 is 12.6. The fraction of sp³-hybridized carbons (Fsp3) is 0.125. The molecule has 0 spiro atoms. The van der Waals surface area contributed by atoms with Crippen LogP contribution in [-0.2, 0) is 4.79 Å². The predicted molar refractivity (Wildman–Crippen MR) is 125 cm³/mol. The number of hydrogen-bond donors (Lipinski definition) is 2. The van der Waals surface area contributed by atoms with Gasteiger partial charge in [0.25, 0.3) is 5.91 Å². The average molecular weight is 429 g/mol. The van der Waals surface area contributed by atoms with Gasteiger partial charge in [0, 0.05) is 11.1 Å². The quantitative estimate of drug-likeness (QED) is 0.435. The van der Waals surface area contributed by atoms with Crippen LogP contribution in [0.15, 0.2) is 72.0 Å². The zero-order chi connectivity index (χ0) is 22.5. The van der Waals surface area contributed by atoms with E-state index < -0.39 is 0 Å². The van der Waals surface area contributed by atoms with Crippen molar-refractivity contribution in [2.75, 3.05) is 24.8 Å². The summed E-state index contributed by atoms with van der Waals surface area (Å²) in [6.45, 7) is 1.69. The zero-order valence-electron chi connectivity index (χ0n) is 17.8. The van der Waals surface area contributed by atoms with Gasteiger partial charge in [0.05, 0.1) is 25.2 Å². The van der Waals surface area contributed by atoms with E-state index in [1.54, 1.807) is 24.5 Å². The first-order chi connectivity index (χ1) is 15.5. The Morgan fingerprint density at radius 1 is 1.16 bits per heavy atom. The maximum absolute atomic E-state index is 12.5. The number of aromatic nitrogens is 2. The molecule has 0 radical (unpaired) electrons. The number of hydrogen-bond acceptors (Lipinski definition) is 6. The highest BCUT2D eigenvalue weighted by atomic mass is 16.5. The lowest BCUT2D eigenvalue weighted by atomic mass is 10.1. The molecule has 0 saturated heterocycles. The molecule has 162 valence electrons. The number of methoxy groups -OCH3 is 1. The number of benzene rings is 3. The SMILES string of the molecule is COc1cc(C=Nn2cc(C)nc2N)ccc1OCC(=O)Nc1cccc2ccccc12. The lowest BCUT2D eigenvalue weighted by Crippen LogP contribution is -2.20. The number of amides is 1. The number of aryl methyl sites for hydroxylation is 1. The minimum atomic E-state index is -0.264. The maximum atomic E-state index is 12.5. The van der Waals surface area contributed by atoms with E-state index in [1.807, 2.05) is 55.5 Å². The second kappa shape index (κ2) is 9.22. The third kappa shape index (κ3) is 4.70. The van der Waals surface area contributed by atoms with Crippen LogP contribution in [0.1, 0.15) is 11.3 Å². The molecular formula is C24H23N5O3. The monoisotopic (exact) mass is 429 g/mol. The van der Waals surface area contributed by atoms with E-state index in [4.69, 9.17) is 15.2 Å². The van der Waals surface area contributed by atoms with Crippen molar-refractivity contribution in [3.8, 4) is 11.5 Å². The van der Waals surface area contributed by atoms with E-state index in [0.29, 0.717) is 17.4 Å². The minimum absolute atomic E-state index is 0.155. The number of nitrogen functional groups attached to an aromatic ring is 1. The number of fused-ring (bicyclic) bond motifs is 1. The van der Waals surface area contributed by atoms with E-state index in [-0.39, 0.29) is 12.5 Å². The third-order valence-electron chi connectivity index (χ3n) is 4.78. The van der Waals surface area contributed by atoms with E-state index in [9.17, 15) is 4.79 Å². The van der Waals surface area contributed by atoms with Crippen molar-refractivity contribution in [2.24, 2.45) is 5.10 Å². The number of nitrogens with two attached hydrogens (primary N) is 1. The smallest absolute Gasteiger partial charge is 0.262 e. The first kappa shape index (κ1) is 20.9. The molecule has 0 atom stereocenters. The van der Waals surface area contributed by atoms with Crippen LogP contribution in [0, 0.1) is 6.92 Å². The second-order valence-corrected chi connectivity index (χ2v) is 7.10. The van der Waals surface area contributed by atoms with Crippen molar-refractivity contribution in [1.82, 2.24) is 9.66 Å². The van der Waals surface area contributed by atoms with Crippen LogP contribution >= 0.6 is 0 Å². The molecule has 0 unspecified atom stereocenters. The molecule has 8 nitrogen and oxygen atoms in total. The van der Waals surface area contributed by atoms with Crippen LogP contribution in [0.4, 0.5) is 11.6 Å². The summed E-state index contributed by atoms with van der Waals surface area (Å²) in [7, 11) is 1.54. The lowest BCUT2D eigenvalue weighted by Gasteiger charge is -2.12. The number of rotatable bonds is 7. The van der Waals surface area contributed by atoms with Gasteiger partial charge in [0.15, 0.2) is 18.1 Å². The Bertz CT molecular complexity index is 1290. The molecule has 3 aromatic carbocycles. The van der Waals surface area contributed by atoms with E-state index in [0.717, 1.165) is 27.7 Å². The average Bonchev–Trinajstić information content (AvgIpc) is 3.13. The van der Waals surface area contributed by atoms with Gasteiger partial charge in [-0.05, 0) is 42.1 Å². The van der Waals surface area contributed by atoms with Gasteiger partial charge in [0.2, 0.25) is 5.95 Å². The molecule has 1 heterocycles. The van der Waals surface area contributed by atoms with Crippen molar-refractivity contribution in [1.29, 1.82) is 0 Å². The molecule has 0 aliphatic carbocycles. The van der Waals surface area contributed by atoms with Gasteiger partial charge in [0.1, 0.15) is 0 Å². The Morgan fingerprint density at radius 3 is 2.75 bits per heavy atom. The van der Waals surface area contributed by atoms with Crippen molar-refractivity contribution >= 4 is 34.5 Å². The van der Waals surface area contributed by atoms with Crippen LogP contribution < -0.4 is 20.5 Å². The third-order valence-corrected chi connectivity index (χ3v) is 4.78. The number of imidazole rings is 1. The van der Waals surface area contributed by atoms with Crippen molar-refractivity contribution < 1.29 is 14.3 Å². The van der Waals surface area contributed by atoms with E-state index in [2.05, 4.69) is 15.4 Å². The minimum Gasteiger partial charge on any atom is -0.493 e. The van der Waals surface area contributed by atoms with Crippen molar-refractivity contribution in [3.05, 3.63) is 78.1 Å². The fourth-order valence-corrected chi connectivity index (χ4v) is 3.27. The van der Waals surface area contributed by atoms with E-state index >= 15 is 0 Å². The molecule has 4 aromatic rings. The molecule has 3 N–H and O–H groups in total. The number of carbonyl (C=O) groups is 1. The summed E-state index contributed by atoms with van der Waals surface area (Å²) in [5.41, 5.74) is 8.09. The number of nitrogens with one attached hydrogen (secondary N) is 1. The van der Waals surface area contributed by atoms with Crippen molar-refractivity contribution in [2.45, 2.75) is 6.92 Å². The van der Waals surface area contributed by atoms with Gasteiger partial charge < -0.3 is 20.5 Å². The molecule has 0 bridgehead atoms. The molecule has 32 heavy (non-hydrogen) atoms. The van der Waals surface area contributed by atoms with Gasteiger partial charge in [-0.3, -0.25) is 4.79 Å². The topological polar surface area (TPSA) is 104 Å². The van der Waals surface area contributed by atoms with Gasteiger partial charge in [-0.25, -0.2) is 9.66 Å². The zero-order valence-corrected chi connectivity index (χ0v) is 17.8. The number of anilines is 2. The van der Waals surface area contributed by atoms with Crippen LogP contribution in [0.2, 0.25) is 0 Å². The van der Waals surface area contributed by atoms with Crippen LogP contribution in [0.25, 0.3) is 10.8 Å². The summed E-state index contributed by atoms with van der Waals surface area (Å²) in [5.74, 6) is 0.986. The molecule has 8 heteroatoms. The second-order valence-electron chi connectivity index (χ2n) is 7.10. The van der Waals surface area contributed by atoms with Gasteiger partial charge in [-0.1, -0.05) is 36.4 Å². The largest absolute Gasteiger partial charge is 0.493 e. The highest BCUT2D eigenvalue weighted by Gasteiger charge is 2.10. The Kier molecular flexibility index (Phi) is 6.03. The summed E-state index contributed by atoms with van der Waals surface area (Å²) in [4.78, 5) is 16.6. The highest BCUT2D eigenvalue weighted by molar-refractivity contribution is 6.02. The first-order valence-electron chi connectivity index (χ1n) is 9.98. The van der Waals surface area contributed by atoms with Crippen LogP contribution in [0.5, 0.6) is 11.5 Å². The van der Waals surface area contributed by atoms with Gasteiger partial charge >= 0.3 is 0 Å². The Balaban J connectivity index is 1.42. The molecule has 1 amide bonds. The van der Waals surface area contributed by atoms with Crippen molar-refractivity contribution in [3.63, 3.8) is 0 Å². The molecule has 0 saturated carbocycles. The summed E-state index contributed by atoms with van der Waals surface area (Å²) in [6, 6.07) is 18.9. The lowest BCUT2D eigenvalue weighted by molar-refractivity contribution is -0.118. The summed E-state index contributed by atoms with van der Waals surface area (Å²) in [5, 5.41) is 9.22. The molecule has 0 fully saturated rings. The highest BCUT2D eigenvalue weighted by Crippen LogP contribution is 2.28. The normalized spacial score (nSPS) is 11.1. The number of nitrogens with zero attached hydrogens (tertiary/aromatic N) is 3. The van der Waals surface area contributed by atoms with Crippen LogP contribution in [-0.4, -0.2) is 35.5 Å². The predicted octanol–water partition coefficient (Wildman–Crippen LogP) is 3.84. The summed E-state index contributed by atoms with van der Waals surface area (Å²) in [6.07, 6.45) is 3.37. The molecule has 1 aromatic heterocycles. The molecule has 4 rings (SSSR count). The molecule has 0 aliphatic heterocycles. The molecule has 0 aliphatic rings. The van der Waals surface area contributed by atoms with E-state index in [1.165, 1.54) is 11.8 Å². The summed E-state index contributed by atoms with van der Waals surface area (Å²) >= 11 is 0. The fourth-order valence-electron chi connectivity index (χ4n) is 3.27. The molecular weight excluding hydrogens is 406 g/mol. The number of ether oxygens (including phenoxy) is 2. The number of carbonyl (C=O) groups excluding carboxylic acids is 1. The van der Waals surface area contributed by atoms with Crippen LogP contribution in [0.3, 0.4) is 0 Å². The van der Waals surface area contributed by atoms with Gasteiger partial charge in [-0.2, -0.15) is 5.10 Å². The van der Waals surface area contributed by atoms with Gasteiger partial charge in [-0.15, -0.1) is 0 Å². The maximum Gasteiger partial charge on any atom is 0.262 e.